The molecule has 0 aliphatic rings. The van der Waals surface area contributed by atoms with Crippen LogP contribution in [0.3, 0.4) is 0 Å². The van der Waals surface area contributed by atoms with Crippen LogP contribution in [0.5, 0.6) is 23.0 Å². The summed E-state index contributed by atoms with van der Waals surface area (Å²) in [5, 5.41) is 48.4. The molecule has 0 aliphatic heterocycles. The number of carbonyl (C=O) groups is 1. The first-order chi connectivity index (χ1) is 30.5. The second-order valence-corrected chi connectivity index (χ2v) is 15.6. The van der Waals surface area contributed by atoms with Crippen LogP contribution in [0.2, 0.25) is 10.0 Å². The molecule has 0 amide bonds. The van der Waals surface area contributed by atoms with Gasteiger partial charge in [0.05, 0.1) is 40.3 Å². The number of carboxylic acids is 1. The monoisotopic (exact) mass is 886 g/mol. The summed E-state index contributed by atoms with van der Waals surface area (Å²) in [5.74, 6) is 0.609. The molecule has 0 fully saturated rings. The zero-order valence-electron chi connectivity index (χ0n) is 34.6. The van der Waals surface area contributed by atoms with E-state index in [1.165, 1.54) is 12.4 Å². The number of aromatic nitrogens is 2. The van der Waals surface area contributed by atoms with Crippen LogP contribution in [0.4, 0.5) is 0 Å². The molecule has 0 spiro atoms. The summed E-state index contributed by atoms with van der Waals surface area (Å²) in [6, 6.07) is 26.3. The minimum atomic E-state index is -1.06. The Morgan fingerprint density at radius 3 is 1.62 bits per heavy atom. The summed E-state index contributed by atoms with van der Waals surface area (Å²) >= 11 is 13.4. The topological polar surface area (TPSA) is 188 Å². The van der Waals surface area contributed by atoms with Crippen molar-refractivity contribution >= 4 is 29.2 Å². The van der Waals surface area contributed by atoms with Gasteiger partial charge in [0.2, 0.25) is 0 Å². The summed E-state index contributed by atoms with van der Waals surface area (Å²) in [6.07, 6.45) is 6.10. The number of rotatable bonds is 20. The van der Waals surface area contributed by atoms with Crippen LogP contribution >= 0.6 is 23.2 Å². The molecule has 1 atom stereocenters. The normalized spacial score (nSPS) is 11.3. The Morgan fingerprint density at radius 1 is 0.667 bits per heavy atom. The Balaban J connectivity index is 1.17. The molecule has 3 N–H and O–H groups in total. The van der Waals surface area contributed by atoms with Crippen molar-refractivity contribution in [2.24, 2.45) is 0 Å². The Kier molecular flexibility index (Phi) is 15.9. The standard InChI is InChI=1S/C49H44Cl2N4O8/c1-30-37(28-62-47-17-45(60-26-34-12-32(19-52)21-54-23-34)36(14-43(47)50)6-3-9-40(57)16-49(58)59)7-4-10-41(30)42-11-5-8-38(31(42)2)29-63-48-18-46(39(25-56)15-44(48)51)61-27-35-13-33(20-53)22-55-24-35/h4-5,7-8,10-15,17-18,21-24,40,56-57H,3,6,9,16,25-29H2,1-2H3,(H,58,59). The second kappa shape index (κ2) is 21.9. The van der Waals surface area contributed by atoms with Crippen molar-refractivity contribution in [1.82, 2.24) is 9.97 Å². The van der Waals surface area contributed by atoms with E-state index in [0.717, 1.165) is 38.9 Å². The van der Waals surface area contributed by atoms with Gasteiger partial charge in [-0.25, -0.2) is 0 Å². The van der Waals surface area contributed by atoms with Crippen LogP contribution in [-0.2, 0) is 44.2 Å². The number of pyridine rings is 2. The first-order valence-electron chi connectivity index (χ1n) is 20.0. The molecule has 63 heavy (non-hydrogen) atoms. The van der Waals surface area contributed by atoms with Gasteiger partial charge in [-0.3, -0.25) is 14.8 Å². The predicted octanol–water partition coefficient (Wildman–Crippen LogP) is 9.78. The third-order valence-corrected chi connectivity index (χ3v) is 11.0. The van der Waals surface area contributed by atoms with Gasteiger partial charge in [-0.1, -0.05) is 59.6 Å². The molecule has 0 bridgehead atoms. The maximum absolute atomic E-state index is 11.0. The van der Waals surface area contributed by atoms with E-state index in [4.69, 9.17) is 47.3 Å². The minimum absolute atomic E-state index is 0.125. The number of aryl methyl sites for hydroxylation is 1. The SMILES string of the molecule is Cc1c(COc2cc(OCc3cncc(C#N)c3)c(CO)cc2Cl)cccc1-c1cccc(COc2cc(OCc3cncc(C#N)c3)c(CCCC(O)CC(=O)O)cc2Cl)c1C. The number of nitrogens with zero attached hydrogens (tertiary/aromatic N) is 4. The number of benzene rings is 4. The Hall–Kier alpha value is -6.67. The fraction of sp³-hybridized carbons (Fsp3) is 0.245. The van der Waals surface area contributed by atoms with E-state index in [1.807, 2.05) is 38.1 Å². The zero-order valence-corrected chi connectivity index (χ0v) is 36.1. The highest BCUT2D eigenvalue weighted by atomic mass is 35.5. The molecule has 2 aromatic heterocycles. The molecule has 14 heteroatoms. The quantitative estimate of drug-likeness (QED) is 0.0659. The van der Waals surface area contributed by atoms with Gasteiger partial charge in [0.15, 0.2) is 0 Å². The Labute approximate surface area is 375 Å². The predicted molar refractivity (Wildman–Crippen MR) is 237 cm³/mol. The molecular weight excluding hydrogens is 843 g/mol. The summed E-state index contributed by atoms with van der Waals surface area (Å²) in [6.45, 7) is 4.43. The van der Waals surface area contributed by atoms with Gasteiger partial charge < -0.3 is 34.3 Å². The van der Waals surface area contributed by atoms with Crippen LogP contribution in [0.1, 0.15) is 74.9 Å². The van der Waals surface area contributed by atoms with E-state index in [9.17, 15) is 25.5 Å². The fourth-order valence-corrected chi connectivity index (χ4v) is 7.43. The highest BCUT2D eigenvalue weighted by Crippen LogP contribution is 2.38. The summed E-state index contributed by atoms with van der Waals surface area (Å²) in [7, 11) is 0. The fourth-order valence-electron chi connectivity index (χ4n) is 6.94. The van der Waals surface area contributed by atoms with E-state index in [-0.39, 0.29) is 45.9 Å². The molecule has 12 nitrogen and oxygen atoms in total. The van der Waals surface area contributed by atoms with Crippen molar-refractivity contribution in [3.63, 3.8) is 0 Å². The maximum Gasteiger partial charge on any atom is 0.305 e. The van der Waals surface area contributed by atoms with E-state index in [2.05, 4.69) is 34.2 Å². The largest absolute Gasteiger partial charge is 0.488 e. The maximum atomic E-state index is 11.0. The lowest BCUT2D eigenvalue weighted by Gasteiger charge is -2.19. The number of hydrogen-bond acceptors (Lipinski definition) is 11. The molecular formula is C49H44Cl2N4O8. The van der Waals surface area contributed by atoms with Gasteiger partial charge in [-0.15, -0.1) is 0 Å². The highest BCUT2D eigenvalue weighted by molar-refractivity contribution is 6.32. The van der Waals surface area contributed by atoms with Gasteiger partial charge in [0.25, 0.3) is 0 Å². The van der Waals surface area contributed by atoms with Crippen molar-refractivity contribution in [3.05, 3.63) is 163 Å². The van der Waals surface area contributed by atoms with E-state index >= 15 is 0 Å². The lowest BCUT2D eigenvalue weighted by molar-refractivity contribution is -0.139. The lowest BCUT2D eigenvalue weighted by Crippen LogP contribution is -2.13. The smallest absolute Gasteiger partial charge is 0.305 e. The van der Waals surface area contributed by atoms with Crippen LogP contribution < -0.4 is 18.9 Å². The number of carboxylic acid groups (broad SMARTS) is 1. The molecule has 6 aromatic rings. The molecule has 6 rings (SSSR count). The zero-order chi connectivity index (χ0) is 44.9. The number of hydrogen-bond donors (Lipinski definition) is 3. The first kappa shape index (κ1) is 45.8. The number of ether oxygens (including phenoxy) is 4. The number of nitriles is 2. The van der Waals surface area contributed by atoms with Gasteiger partial charge in [0, 0.05) is 53.6 Å². The van der Waals surface area contributed by atoms with Gasteiger partial charge in [0.1, 0.15) is 61.6 Å². The molecule has 0 radical (unpaired) electrons. The van der Waals surface area contributed by atoms with Gasteiger partial charge in [-0.2, -0.15) is 10.5 Å². The van der Waals surface area contributed by atoms with Crippen molar-refractivity contribution in [2.45, 2.75) is 78.7 Å². The first-order valence-corrected chi connectivity index (χ1v) is 20.7. The van der Waals surface area contributed by atoms with Crippen LogP contribution in [0, 0.1) is 36.5 Å². The molecule has 322 valence electrons. The third-order valence-electron chi connectivity index (χ3n) is 10.4. The molecule has 0 saturated heterocycles. The number of aliphatic hydroxyl groups is 2. The van der Waals surface area contributed by atoms with Crippen LogP contribution in [0.25, 0.3) is 11.1 Å². The lowest BCUT2D eigenvalue weighted by atomic mass is 9.92. The van der Waals surface area contributed by atoms with E-state index in [1.54, 1.807) is 48.8 Å². The second-order valence-electron chi connectivity index (χ2n) is 14.8. The summed E-state index contributed by atoms with van der Waals surface area (Å²) in [4.78, 5) is 19.2. The number of aliphatic carboxylic acids is 1. The van der Waals surface area contributed by atoms with E-state index < -0.39 is 12.1 Å². The van der Waals surface area contributed by atoms with Crippen LogP contribution in [-0.4, -0.2) is 37.4 Å². The van der Waals surface area contributed by atoms with E-state index in [0.29, 0.717) is 73.7 Å². The Morgan fingerprint density at radius 2 is 1.14 bits per heavy atom. The van der Waals surface area contributed by atoms with Gasteiger partial charge in [-0.05, 0) is 96.3 Å². The average molecular weight is 888 g/mol. The third kappa shape index (κ3) is 12.3. The molecule has 4 aromatic carbocycles. The van der Waals surface area contributed by atoms with Crippen LogP contribution in [0.15, 0.2) is 97.6 Å². The van der Waals surface area contributed by atoms with Crippen molar-refractivity contribution < 1.29 is 39.1 Å². The number of aliphatic hydroxyl groups excluding tert-OH is 2. The average Bonchev–Trinajstić information content (AvgIpc) is 3.28. The molecule has 1 unspecified atom stereocenters. The van der Waals surface area contributed by atoms with Crippen molar-refractivity contribution in [1.29, 1.82) is 10.5 Å². The van der Waals surface area contributed by atoms with Crippen molar-refractivity contribution in [2.75, 3.05) is 0 Å². The molecule has 2 heterocycles. The van der Waals surface area contributed by atoms with Gasteiger partial charge >= 0.3 is 5.97 Å². The summed E-state index contributed by atoms with van der Waals surface area (Å²) in [5.41, 5.74) is 9.36. The summed E-state index contributed by atoms with van der Waals surface area (Å²) < 4.78 is 24.8. The molecule has 0 saturated carbocycles. The molecule has 0 aliphatic carbocycles. The number of halogens is 2. The minimum Gasteiger partial charge on any atom is -0.488 e. The Bertz CT molecular complexity index is 2680. The highest BCUT2D eigenvalue weighted by Gasteiger charge is 2.18. The van der Waals surface area contributed by atoms with Crippen molar-refractivity contribution in [3.8, 4) is 46.3 Å².